The number of hydrogen-bond acceptors (Lipinski definition) is 4. The van der Waals surface area contributed by atoms with Crippen LogP contribution in [0.15, 0.2) is 30.3 Å². The van der Waals surface area contributed by atoms with Crippen LogP contribution >= 0.6 is 0 Å². The molecule has 106 valence electrons. The van der Waals surface area contributed by atoms with Gasteiger partial charge >= 0.3 is 12.1 Å². The molecule has 1 heterocycles. The quantitative estimate of drug-likeness (QED) is 0.750. The summed E-state index contributed by atoms with van der Waals surface area (Å²) >= 11 is 0. The summed E-state index contributed by atoms with van der Waals surface area (Å²) in [5.74, 6) is -1.49. The van der Waals surface area contributed by atoms with Crippen LogP contribution in [0.4, 0.5) is 4.79 Å². The SMILES string of the molecule is O=C(O)CN1CC(NC(=O)OCc2ccccc2)C1=O. The standard InChI is InChI=1S/C13H14N2O5/c16-11(17)7-15-6-10(12(15)18)14-13(19)20-8-9-4-2-1-3-5-9/h1-5,10H,6-8H2,(H,14,19)(H,16,17). The van der Waals surface area contributed by atoms with Crippen LogP contribution in [0.1, 0.15) is 5.56 Å². The number of carbonyl (C=O) groups is 3. The molecule has 1 unspecified atom stereocenters. The Morgan fingerprint density at radius 2 is 2.05 bits per heavy atom. The fourth-order valence-corrected chi connectivity index (χ4v) is 1.82. The van der Waals surface area contributed by atoms with Crippen molar-refractivity contribution in [3.8, 4) is 0 Å². The molecule has 1 atom stereocenters. The third kappa shape index (κ3) is 3.47. The average molecular weight is 278 g/mol. The number of alkyl carbamates (subject to hydrolysis) is 1. The van der Waals surface area contributed by atoms with Gasteiger partial charge in [-0.3, -0.25) is 9.59 Å². The van der Waals surface area contributed by atoms with Crippen LogP contribution in [0, 0.1) is 0 Å². The minimum Gasteiger partial charge on any atom is -0.480 e. The third-order valence-corrected chi connectivity index (χ3v) is 2.84. The number of likely N-dealkylation sites (tertiary alicyclic amines) is 1. The zero-order chi connectivity index (χ0) is 14.5. The Labute approximate surface area is 115 Å². The fraction of sp³-hybridized carbons (Fsp3) is 0.308. The largest absolute Gasteiger partial charge is 0.480 e. The van der Waals surface area contributed by atoms with E-state index in [0.29, 0.717) is 0 Å². The summed E-state index contributed by atoms with van der Waals surface area (Å²) < 4.78 is 4.96. The number of amides is 2. The number of ether oxygens (including phenoxy) is 1. The molecule has 0 aliphatic carbocycles. The van der Waals surface area contributed by atoms with E-state index in [1.165, 1.54) is 0 Å². The summed E-state index contributed by atoms with van der Waals surface area (Å²) in [6, 6.07) is 8.45. The highest BCUT2D eigenvalue weighted by atomic mass is 16.5. The number of carboxylic acid groups (broad SMARTS) is 1. The van der Waals surface area contributed by atoms with Gasteiger partial charge in [-0.1, -0.05) is 30.3 Å². The van der Waals surface area contributed by atoms with E-state index in [1.807, 2.05) is 30.3 Å². The number of hydrogen-bond donors (Lipinski definition) is 2. The number of β-lactam (4-membered cyclic amide) rings is 1. The Bertz CT molecular complexity index is 517. The zero-order valence-electron chi connectivity index (χ0n) is 10.6. The van der Waals surface area contributed by atoms with Crippen LogP contribution in [0.3, 0.4) is 0 Å². The van der Waals surface area contributed by atoms with Crippen molar-refractivity contribution in [2.75, 3.05) is 13.1 Å². The van der Waals surface area contributed by atoms with Crippen molar-refractivity contribution in [2.45, 2.75) is 12.6 Å². The minimum atomic E-state index is -1.08. The molecule has 20 heavy (non-hydrogen) atoms. The Morgan fingerprint density at radius 3 is 2.65 bits per heavy atom. The molecule has 1 saturated heterocycles. The average Bonchev–Trinajstić information content (AvgIpc) is 2.44. The lowest BCUT2D eigenvalue weighted by molar-refractivity contribution is -0.152. The molecule has 0 aromatic heterocycles. The third-order valence-electron chi connectivity index (χ3n) is 2.84. The van der Waals surface area contributed by atoms with Gasteiger partial charge in [0, 0.05) is 0 Å². The Hall–Kier alpha value is -2.57. The van der Waals surface area contributed by atoms with Crippen molar-refractivity contribution in [3.05, 3.63) is 35.9 Å². The molecule has 1 aromatic carbocycles. The molecule has 0 saturated carbocycles. The van der Waals surface area contributed by atoms with Crippen LogP contribution in [0.5, 0.6) is 0 Å². The van der Waals surface area contributed by atoms with Crippen LogP contribution < -0.4 is 5.32 Å². The molecular weight excluding hydrogens is 264 g/mol. The summed E-state index contributed by atoms with van der Waals surface area (Å²) in [4.78, 5) is 34.5. The van der Waals surface area contributed by atoms with Gasteiger partial charge in [-0.05, 0) is 5.56 Å². The molecule has 2 amide bonds. The van der Waals surface area contributed by atoms with Crippen molar-refractivity contribution in [1.29, 1.82) is 0 Å². The number of nitrogens with zero attached hydrogens (tertiary/aromatic N) is 1. The number of benzene rings is 1. The van der Waals surface area contributed by atoms with E-state index in [0.717, 1.165) is 10.5 Å². The molecule has 7 nitrogen and oxygen atoms in total. The van der Waals surface area contributed by atoms with Crippen LogP contribution in [-0.4, -0.2) is 47.1 Å². The molecular formula is C13H14N2O5. The van der Waals surface area contributed by atoms with Gasteiger partial charge in [0.2, 0.25) is 5.91 Å². The molecule has 1 aromatic rings. The maximum Gasteiger partial charge on any atom is 0.408 e. The second-order valence-electron chi connectivity index (χ2n) is 4.37. The topological polar surface area (TPSA) is 95.9 Å². The predicted molar refractivity (Wildman–Crippen MR) is 67.8 cm³/mol. The Balaban J connectivity index is 1.71. The number of aliphatic carboxylic acids is 1. The summed E-state index contributed by atoms with van der Waals surface area (Å²) in [6.45, 7) is -0.0475. The lowest BCUT2D eigenvalue weighted by atomic mass is 10.1. The number of carboxylic acids is 1. The Morgan fingerprint density at radius 1 is 1.35 bits per heavy atom. The van der Waals surface area contributed by atoms with E-state index >= 15 is 0 Å². The second kappa shape index (κ2) is 6.05. The lowest BCUT2D eigenvalue weighted by Crippen LogP contribution is -2.64. The summed E-state index contributed by atoms with van der Waals surface area (Å²) in [5, 5.41) is 10.9. The Kier molecular flexibility index (Phi) is 4.19. The summed E-state index contributed by atoms with van der Waals surface area (Å²) in [7, 11) is 0. The van der Waals surface area contributed by atoms with Gasteiger partial charge in [0.1, 0.15) is 19.2 Å². The van der Waals surface area contributed by atoms with E-state index in [-0.39, 0.29) is 19.7 Å². The highest BCUT2D eigenvalue weighted by molar-refractivity contribution is 5.93. The maximum absolute atomic E-state index is 11.5. The van der Waals surface area contributed by atoms with E-state index < -0.39 is 24.0 Å². The van der Waals surface area contributed by atoms with Gasteiger partial charge in [0.25, 0.3) is 0 Å². The van der Waals surface area contributed by atoms with Gasteiger partial charge in [0.05, 0.1) is 6.54 Å². The maximum atomic E-state index is 11.5. The first kappa shape index (κ1) is 13.9. The number of carbonyl (C=O) groups excluding carboxylic acids is 2. The fourth-order valence-electron chi connectivity index (χ4n) is 1.82. The van der Waals surface area contributed by atoms with Gasteiger partial charge in [-0.25, -0.2) is 4.79 Å². The highest BCUT2D eigenvalue weighted by Crippen LogP contribution is 2.10. The molecule has 0 bridgehead atoms. The molecule has 2 rings (SSSR count). The van der Waals surface area contributed by atoms with Crippen molar-refractivity contribution < 1.29 is 24.2 Å². The van der Waals surface area contributed by atoms with Crippen molar-refractivity contribution in [1.82, 2.24) is 10.2 Å². The molecule has 1 fully saturated rings. The van der Waals surface area contributed by atoms with E-state index in [2.05, 4.69) is 5.32 Å². The highest BCUT2D eigenvalue weighted by Gasteiger charge is 2.38. The van der Waals surface area contributed by atoms with E-state index in [1.54, 1.807) is 0 Å². The van der Waals surface area contributed by atoms with Crippen molar-refractivity contribution >= 4 is 18.0 Å². The molecule has 2 N–H and O–H groups in total. The van der Waals surface area contributed by atoms with Crippen molar-refractivity contribution in [2.24, 2.45) is 0 Å². The molecule has 1 aliphatic rings. The minimum absolute atomic E-state index is 0.117. The van der Waals surface area contributed by atoms with Gasteiger partial charge in [0.15, 0.2) is 0 Å². The first-order valence-corrected chi connectivity index (χ1v) is 6.04. The monoisotopic (exact) mass is 278 g/mol. The van der Waals surface area contributed by atoms with Gasteiger partial charge in [-0.2, -0.15) is 0 Å². The zero-order valence-corrected chi connectivity index (χ0v) is 10.6. The van der Waals surface area contributed by atoms with Gasteiger partial charge in [-0.15, -0.1) is 0 Å². The van der Waals surface area contributed by atoms with Crippen LogP contribution in [0.25, 0.3) is 0 Å². The molecule has 0 radical (unpaired) electrons. The second-order valence-corrected chi connectivity index (χ2v) is 4.37. The first-order chi connectivity index (χ1) is 9.56. The van der Waals surface area contributed by atoms with Crippen molar-refractivity contribution in [3.63, 3.8) is 0 Å². The van der Waals surface area contributed by atoms with Gasteiger partial charge < -0.3 is 20.1 Å². The molecule has 1 aliphatic heterocycles. The molecule has 7 heteroatoms. The smallest absolute Gasteiger partial charge is 0.408 e. The number of rotatable bonds is 5. The first-order valence-electron chi connectivity index (χ1n) is 6.04. The van der Waals surface area contributed by atoms with Crippen LogP contribution in [0.2, 0.25) is 0 Å². The van der Waals surface area contributed by atoms with E-state index in [9.17, 15) is 14.4 Å². The molecule has 0 spiro atoms. The summed E-state index contributed by atoms with van der Waals surface area (Å²) in [6.07, 6.45) is -0.692. The number of nitrogens with one attached hydrogen (secondary N) is 1. The summed E-state index contributed by atoms with van der Waals surface area (Å²) in [5.41, 5.74) is 0.843. The lowest BCUT2D eigenvalue weighted by Gasteiger charge is -2.37. The van der Waals surface area contributed by atoms with Crippen LogP contribution in [-0.2, 0) is 20.9 Å². The van der Waals surface area contributed by atoms with E-state index in [4.69, 9.17) is 9.84 Å². The normalized spacial score (nSPS) is 17.3. The predicted octanol–water partition coefficient (Wildman–Crippen LogP) is 0.208.